The summed E-state index contributed by atoms with van der Waals surface area (Å²) in [6.07, 6.45) is 0. The summed E-state index contributed by atoms with van der Waals surface area (Å²) in [5.74, 6) is -0.108. The van der Waals surface area contributed by atoms with Crippen molar-refractivity contribution in [3.05, 3.63) is 59.4 Å². The van der Waals surface area contributed by atoms with Crippen molar-refractivity contribution in [2.45, 2.75) is 26.8 Å². The lowest BCUT2D eigenvalue weighted by Crippen LogP contribution is -2.44. The molecule has 0 bridgehead atoms. The second kappa shape index (κ2) is 9.27. The second-order valence-electron chi connectivity index (χ2n) is 8.16. The first-order valence-corrected chi connectivity index (χ1v) is 10.2. The molecule has 1 aliphatic heterocycles. The third-order valence-corrected chi connectivity index (χ3v) is 5.51. The maximum atomic E-state index is 13.2. The molecule has 1 aliphatic rings. The number of nitrogens with zero attached hydrogens (tertiary/aromatic N) is 2. The number of nitrogens with one attached hydrogen (secondary N) is 2. The Hall–Kier alpha value is -2.60. The van der Waals surface area contributed by atoms with E-state index >= 15 is 0 Å². The lowest BCUT2D eigenvalue weighted by Gasteiger charge is -2.34. The van der Waals surface area contributed by atoms with E-state index in [1.54, 1.807) is 12.1 Å². The maximum absolute atomic E-state index is 13.2. The number of rotatable bonds is 5. The Balaban J connectivity index is 1.65. The van der Waals surface area contributed by atoms with Crippen LogP contribution in [0.5, 0.6) is 0 Å². The van der Waals surface area contributed by atoms with Crippen molar-refractivity contribution in [1.29, 1.82) is 0 Å². The van der Waals surface area contributed by atoms with E-state index in [2.05, 4.69) is 39.6 Å². The first-order valence-electron chi connectivity index (χ1n) is 10.2. The number of amides is 2. The smallest absolute Gasteiger partial charge is 0.319 e. The average molecular weight is 399 g/mol. The van der Waals surface area contributed by atoms with E-state index in [1.807, 2.05) is 26.8 Å². The summed E-state index contributed by atoms with van der Waals surface area (Å²) < 4.78 is 13.2. The SMILES string of the molecule is Cc1cc(N2CCN(C)CC2)ccc1NC(=O)N[C@@H](c1ccc(F)cc1)C(C)C. The Labute approximate surface area is 172 Å². The predicted molar refractivity (Wildman–Crippen MR) is 117 cm³/mol. The summed E-state index contributed by atoms with van der Waals surface area (Å²) in [5.41, 5.74) is 3.90. The van der Waals surface area contributed by atoms with Gasteiger partial charge in [0.15, 0.2) is 0 Å². The van der Waals surface area contributed by atoms with Crippen LogP contribution in [0.2, 0.25) is 0 Å². The largest absolute Gasteiger partial charge is 0.369 e. The summed E-state index contributed by atoms with van der Waals surface area (Å²) in [6, 6.07) is 12.0. The van der Waals surface area contributed by atoms with E-state index in [-0.39, 0.29) is 23.8 Å². The Morgan fingerprint density at radius 2 is 1.69 bits per heavy atom. The van der Waals surface area contributed by atoms with Crippen LogP contribution in [0.1, 0.15) is 31.0 Å². The third kappa shape index (κ3) is 5.48. The number of benzene rings is 2. The van der Waals surface area contributed by atoms with Gasteiger partial charge in [-0.1, -0.05) is 26.0 Å². The molecule has 0 saturated carbocycles. The highest BCUT2D eigenvalue weighted by atomic mass is 19.1. The number of carbonyl (C=O) groups is 1. The van der Waals surface area contributed by atoms with Crippen molar-refractivity contribution in [2.75, 3.05) is 43.4 Å². The van der Waals surface area contributed by atoms with Crippen LogP contribution in [-0.4, -0.2) is 44.2 Å². The van der Waals surface area contributed by atoms with Gasteiger partial charge in [0.05, 0.1) is 6.04 Å². The molecule has 0 spiro atoms. The Kier molecular flexibility index (Phi) is 6.75. The highest BCUT2D eigenvalue weighted by Gasteiger charge is 2.19. The van der Waals surface area contributed by atoms with Gasteiger partial charge in [0.25, 0.3) is 0 Å². The van der Waals surface area contributed by atoms with Gasteiger partial charge >= 0.3 is 6.03 Å². The van der Waals surface area contributed by atoms with Gasteiger partial charge in [0.1, 0.15) is 5.82 Å². The zero-order valence-electron chi connectivity index (χ0n) is 17.7. The van der Waals surface area contributed by atoms with E-state index in [1.165, 1.54) is 17.8 Å². The number of likely N-dealkylation sites (N-methyl/N-ethyl adjacent to an activating group) is 1. The van der Waals surface area contributed by atoms with Crippen LogP contribution in [0.25, 0.3) is 0 Å². The molecule has 1 atom stereocenters. The summed E-state index contributed by atoms with van der Waals surface area (Å²) in [7, 11) is 2.14. The molecule has 1 fully saturated rings. The quantitative estimate of drug-likeness (QED) is 0.785. The number of anilines is 2. The van der Waals surface area contributed by atoms with Gasteiger partial charge in [-0.25, -0.2) is 9.18 Å². The number of hydrogen-bond donors (Lipinski definition) is 2. The number of carbonyl (C=O) groups excluding carboxylic acids is 1. The molecule has 156 valence electrons. The summed E-state index contributed by atoms with van der Waals surface area (Å²) in [5, 5.41) is 5.99. The van der Waals surface area contributed by atoms with Crippen LogP contribution in [-0.2, 0) is 0 Å². The van der Waals surface area contributed by atoms with Gasteiger partial charge in [-0.3, -0.25) is 0 Å². The van der Waals surface area contributed by atoms with Gasteiger partial charge in [-0.2, -0.15) is 0 Å². The molecule has 5 nitrogen and oxygen atoms in total. The lowest BCUT2D eigenvalue weighted by molar-refractivity contribution is 0.244. The maximum Gasteiger partial charge on any atom is 0.319 e. The van der Waals surface area contributed by atoms with Gasteiger partial charge in [0, 0.05) is 37.6 Å². The molecule has 0 radical (unpaired) electrons. The monoisotopic (exact) mass is 398 g/mol. The highest BCUT2D eigenvalue weighted by molar-refractivity contribution is 5.90. The fraction of sp³-hybridized carbons (Fsp3) is 0.435. The molecule has 1 heterocycles. The molecule has 0 aromatic heterocycles. The molecule has 0 aliphatic carbocycles. The van der Waals surface area contributed by atoms with Crippen LogP contribution < -0.4 is 15.5 Å². The number of aryl methyl sites for hydroxylation is 1. The zero-order chi connectivity index (χ0) is 21.0. The van der Waals surface area contributed by atoms with Crippen molar-refractivity contribution in [2.24, 2.45) is 5.92 Å². The van der Waals surface area contributed by atoms with Gasteiger partial charge < -0.3 is 20.4 Å². The first kappa shape index (κ1) is 21.1. The molecule has 0 unspecified atom stereocenters. The summed E-state index contributed by atoms with van der Waals surface area (Å²) in [6.45, 7) is 10.2. The fourth-order valence-electron chi connectivity index (χ4n) is 3.65. The van der Waals surface area contributed by atoms with Crippen LogP contribution in [0.3, 0.4) is 0 Å². The minimum Gasteiger partial charge on any atom is -0.369 e. The molecule has 1 saturated heterocycles. The van der Waals surface area contributed by atoms with E-state index in [0.29, 0.717) is 0 Å². The Morgan fingerprint density at radius 3 is 2.28 bits per heavy atom. The van der Waals surface area contributed by atoms with E-state index < -0.39 is 0 Å². The summed E-state index contributed by atoms with van der Waals surface area (Å²) in [4.78, 5) is 17.3. The molecule has 2 amide bonds. The van der Waals surface area contributed by atoms with Crippen molar-refractivity contribution in [1.82, 2.24) is 10.2 Å². The molecule has 2 aromatic rings. The van der Waals surface area contributed by atoms with Crippen molar-refractivity contribution in [3.8, 4) is 0 Å². The molecule has 2 aromatic carbocycles. The van der Waals surface area contributed by atoms with E-state index in [4.69, 9.17) is 0 Å². The lowest BCUT2D eigenvalue weighted by atomic mass is 9.96. The van der Waals surface area contributed by atoms with Crippen LogP contribution in [0.4, 0.5) is 20.6 Å². The minimum atomic E-state index is -0.281. The van der Waals surface area contributed by atoms with Gasteiger partial charge in [-0.15, -0.1) is 0 Å². The molecule has 3 rings (SSSR count). The van der Waals surface area contributed by atoms with E-state index in [0.717, 1.165) is 43.0 Å². The topological polar surface area (TPSA) is 47.6 Å². The third-order valence-electron chi connectivity index (χ3n) is 5.51. The van der Waals surface area contributed by atoms with Crippen molar-refractivity contribution in [3.63, 3.8) is 0 Å². The van der Waals surface area contributed by atoms with Crippen molar-refractivity contribution >= 4 is 17.4 Å². The molecular formula is C23H31FN4O. The fourth-order valence-corrected chi connectivity index (χ4v) is 3.65. The van der Waals surface area contributed by atoms with Crippen LogP contribution in [0, 0.1) is 18.7 Å². The number of urea groups is 1. The van der Waals surface area contributed by atoms with Crippen LogP contribution >= 0.6 is 0 Å². The Morgan fingerprint density at radius 1 is 1.03 bits per heavy atom. The predicted octanol–water partition coefficient (Wildman–Crippen LogP) is 4.40. The second-order valence-corrected chi connectivity index (χ2v) is 8.16. The molecule has 2 N–H and O–H groups in total. The molecular weight excluding hydrogens is 367 g/mol. The first-order chi connectivity index (χ1) is 13.8. The van der Waals surface area contributed by atoms with Gasteiger partial charge in [-0.05, 0) is 61.3 Å². The highest BCUT2D eigenvalue weighted by Crippen LogP contribution is 2.25. The number of halogens is 1. The van der Waals surface area contributed by atoms with E-state index in [9.17, 15) is 9.18 Å². The number of piperazine rings is 1. The van der Waals surface area contributed by atoms with Gasteiger partial charge in [0.2, 0.25) is 0 Å². The van der Waals surface area contributed by atoms with Crippen molar-refractivity contribution < 1.29 is 9.18 Å². The number of hydrogen-bond acceptors (Lipinski definition) is 3. The van der Waals surface area contributed by atoms with Crippen LogP contribution in [0.15, 0.2) is 42.5 Å². The Bertz CT molecular complexity index is 829. The average Bonchev–Trinajstić information content (AvgIpc) is 2.69. The molecule has 6 heteroatoms. The molecule has 29 heavy (non-hydrogen) atoms. The normalized spacial score (nSPS) is 16.0. The standard InChI is InChI=1S/C23H31FN4O/c1-16(2)22(18-5-7-19(24)8-6-18)26-23(29)25-21-10-9-20(15-17(21)3)28-13-11-27(4)12-14-28/h5-10,15-16,22H,11-14H2,1-4H3,(H2,25,26,29)/t22-/m1/s1. The summed E-state index contributed by atoms with van der Waals surface area (Å²) >= 11 is 0. The minimum absolute atomic E-state index is 0.173. The zero-order valence-corrected chi connectivity index (χ0v) is 17.7.